The van der Waals surface area contributed by atoms with Crippen LogP contribution in [0.1, 0.15) is 30.9 Å². The first kappa shape index (κ1) is 11.5. The van der Waals surface area contributed by atoms with Gasteiger partial charge in [0.1, 0.15) is 0 Å². The number of benzene rings is 1. The van der Waals surface area contributed by atoms with Crippen molar-refractivity contribution in [3.8, 4) is 0 Å². The Hall–Kier alpha value is -1.61. The predicted molar refractivity (Wildman–Crippen MR) is 61.9 cm³/mol. The van der Waals surface area contributed by atoms with Crippen LogP contribution in [0.3, 0.4) is 0 Å². The van der Waals surface area contributed by atoms with Gasteiger partial charge in [0.15, 0.2) is 0 Å². The van der Waals surface area contributed by atoms with Crippen LogP contribution in [0.15, 0.2) is 30.3 Å². The molecule has 0 aromatic heterocycles. The van der Waals surface area contributed by atoms with Crippen LogP contribution in [0.5, 0.6) is 0 Å². The molecule has 3 heteroatoms. The van der Waals surface area contributed by atoms with E-state index < -0.39 is 0 Å². The summed E-state index contributed by atoms with van der Waals surface area (Å²) in [5, 5.41) is 0. The average Bonchev–Trinajstić information content (AvgIpc) is 2.26. The lowest BCUT2D eigenvalue weighted by atomic mass is 10.0. The van der Waals surface area contributed by atoms with Crippen molar-refractivity contribution < 1.29 is 4.79 Å². The zero-order chi connectivity index (χ0) is 11.3. The van der Waals surface area contributed by atoms with Crippen LogP contribution in [0.25, 0.3) is 6.08 Å². The molecule has 0 radical (unpaired) electrons. The van der Waals surface area contributed by atoms with Crippen LogP contribution >= 0.6 is 0 Å². The normalized spacial score (nSPS) is 10.9. The SMILES string of the molecule is CC(C)c1ccc(/C=C/C(=O)NN)cc1. The van der Waals surface area contributed by atoms with E-state index in [1.54, 1.807) is 6.08 Å². The molecule has 3 nitrogen and oxygen atoms in total. The predicted octanol–water partition coefficient (Wildman–Crippen LogP) is 1.81. The van der Waals surface area contributed by atoms with Crippen LogP contribution in [0.4, 0.5) is 0 Å². The molecule has 1 aromatic rings. The summed E-state index contributed by atoms with van der Waals surface area (Å²) in [6, 6.07) is 8.08. The van der Waals surface area contributed by atoms with E-state index >= 15 is 0 Å². The maximum absolute atomic E-state index is 10.8. The van der Waals surface area contributed by atoms with Crippen molar-refractivity contribution in [1.82, 2.24) is 5.43 Å². The van der Waals surface area contributed by atoms with Crippen molar-refractivity contribution in [3.05, 3.63) is 41.5 Å². The minimum atomic E-state index is -0.303. The topological polar surface area (TPSA) is 55.1 Å². The highest BCUT2D eigenvalue weighted by Gasteiger charge is 1.97. The lowest BCUT2D eigenvalue weighted by Crippen LogP contribution is -2.27. The highest BCUT2D eigenvalue weighted by molar-refractivity contribution is 5.91. The Morgan fingerprint density at radius 3 is 2.40 bits per heavy atom. The lowest BCUT2D eigenvalue weighted by Gasteiger charge is -2.04. The second-order valence-electron chi connectivity index (χ2n) is 3.66. The second kappa shape index (κ2) is 5.32. The molecule has 0 saturated carbocycles. The molecule has 1 aromatic carbocycles. The largest absolute Gasteiger partial charge is 0.291 e. The highest BCUT2D eigenvalue weighted by atomic mass is 16.2. The van der Waals surface area contributed by atoms with Crippen LogP contribution in [-0.4, -0.2) is 5.91 Å². The molecule has 0 aliphatic carbocycles. The van der Waals surface area contributed by atoms with Gasteiger partial charge >= 0.3 is 0 Å². The summed E-state index contributed by atoms with van der Waals surface area (Å²) < 4.78 is 0. The van der Waals surface area contributed by atoms with Gasteiger partial charge in [-0.2, -0.15) is 0 Å². The van der Waals surface area contributed by atoms with Crippen LogP contribution in [-0.2, 0) is 4.79 Å². The minimum absolute atomic E-state index is 0.303. The monoisotopic (exact) mass is 204 g/mol. The Kier molecular flexibility index (Phi) is 4.06. The zero-order valence-corrected chi connectivity index (χ0v) is 9.03. The van der Waals surface area contributed by atoms with E-state index in [0.717, 1.165) is 5.56 Å². The summed E-state index contributed by atoms with van der Waals surface area (Å²) >= 11 is 0. The summed E-state index contributed by atoms with van der Waals surface area (Å²) in [6.45, 7) is 4.29. The van der Waals surface area contributed by atoms with Crippen LogP contribution in [0, 0.1) is 0 Å². The fourth-order valence-electron chi connectivity index (χ4n) is 1.21. The van der Waals surface area contributed by atoms with Gasteiger partial charge in [-0.25, -0.2) is 5.84 Å². The Morgan fingerprint density at radius 1 is 1.33 bits per heavy atom. The molecule has 0 unspecified atom stereocenters. The standard InChI is InChI=1S/C12H16N2O/c1-9(2)11-6-3-10(4-7-11)5-8-12(15)14-13/h3-9H,13H2,1-2H3,(H,14,15)/b8-5+. The van der Waals surface area contributed by atoms with Gasteiger partial charge in [-0.15, -0.1) is 0 Å². The van der Waals surface area contributed by atoms with E-state index in [1.165, 1.54) is 11.6 Å². The maximum atomic E-state index is 10.8. The van der Waals surface area contributed by atoms with Gasteiger partial charge in [-0.3, -0.25) is 10.2 Å². The Morgan fingerprint density at radius 2 is 1.93 bits per heavy atom. The molecule has 0 bridgehead atoms. The molecule has 0 spiro atoms. The molecular weight excluding hydrogens is 188 g/mol. The molecule has 1 rings (SSSR count). The molecule has 80 valence electrons. The zero-order valence-electron chi connectivity index (χ0n) is 9.03. The molecule has 1 amide bonds. The first-order chi connectivity index (χ1) is 7.13. The third kappa shape index (κ3) is 3.56. The molecule has 3 N–H and O–H groups in total. The van der Waals surface area contributed by atoms with Gasteiger partial charge in [0, 0.05) is 6.08 Å². The molecule has 0 saturated heterocycles. The fraction of sp³-hybridized carbons (Fsp3) is 0.250. The van der Waals surface area contributed by atoms with Gasteiger partial charge in [-0.1, -0.05) is 38.1 Å². The van der Waals surface area contributed by atoms with E-state index in [0.29, 0.717) is 5.92 Å². The first-order valence-corrected chi connectivity index (χ1v) is 4.92. The number of carbonyl (C=O) groups is 1. The highest BCUT2D eigenvalue weighted by Crippen LogP contribution is 2.15. The molecule has 0 aliphatic rings. The number of hydrogen-bond donors (Lipinski definition) is 2. The Bertz CT molecular complexity index is 352. The number of nitrogens with one attached hydrogen (secondary N) is 1. The first-order valence-electron chi connectivity index (χ1n) is 4.92. The molecule has 0 fully saturated rings. The summed E-state index contributed by atoms with van der Waals surface area (Å²) in [7, 11) is 0. The summed E-state index contributed by atoms with van der Waals surface area (Å²) in [5.74, 6) is 5.17. The van der Waals surface area contributed by atoms with Gasteiger partial charge in [0.2, 0.25) is 0 Å². The molecule has 15 heavy (non-hydrogen) atoms. The van der Waals surface area contributed by atoms with E-state index in [9.17, 15) is 4.79 Å². The number of hydrazine groups is 1. The average molecular weight is 204 g/mol. The lowest BCUT2D eigenvalue weighted by molar-refractivity contribution is -0.116. The molecular formula is C12H16N2O. The second-order valence-corrected chi connectivity index (χ2v) is 3.66. The number of nitrogens with two attached hydrogens (primary N) is 1. The van der Waals surface area contributed by atoms with Crippen molar-refractivity contribution in [2.75, 3.05) is 0 Å². The third-order valence-corrected chi connectivity index (χ3v) is 2.17. The van der Waals surface area contributed by atoms with E-state index in [1.807, 2.05) is 17.6 Å². The van der Waals surface area contributed by atoms with Gasteiger partial charge in [-0.05, 0) is 23.1 Å². The maximum Gasteiger partial charge on any atom is 0.257 e. The van der Waals surface area contributed by atoms with Crippen molar-refractivity contribution in [2.24, 2.45) is 5.84 Å². The summed E-state index contributed by atoms with van der Waals surface area (Å²) in [6.07, 6.45) is 3.14. The summed E-state index contributed by atoms with van der Waals surface area (Å²) in [4.78, 5) is 10.8. The smallest absolute Gasteiger partial charge is 0.257 e. The van der Waals surface area contributed by atoms with Crippen molar-refractivity contribution in [3.63, 3.8) is 0 Å². The summed E-state index contributed by atoms with van der Waals surface area (Å²) in [5.41, 5.74) is 4.32. The van der Waals surface area contributed by atoms with E-state index in [-0.39, 0.29) is 5.91 Å². The minimum Gasteiger partial charge on any atom is -0.291 e. The quantitative estimate of drug-likeness (QED) is 0.341. The Balaban J connectivity index is 2.72. The van der Waals surface area contributed by atoms with Gasteiger partial charge < -0.3 is 0 Å². The van der Waals surface area contributed by atoms with Gasteiger partial charge in [0.25, 0.3) is 5.91 Å². The third-order valence-electron chi connectivity index (χ3n) is 2.17. The number of hydrogen-bond acceptors (Lipinski definition) is 2. The fourth-order valence-corrected chi connectivity index (χ4v) is 1.21. The van der Waals surface area contributed by atoms with E-state index in [4.69, 9.17) is 5.84 Å². The molecule has 0 heterocycles. The Labute approximate surface area is 90.0 Å². The van der Waals surface area contributed by atoms with E-state index in [2.05, 4.69) is 26.0 Å². The van der Waals surface area contributed by atoms with Crippen LogP contribution < -0.4 is 11.3 Å². The van der Waals surface area contributed by atoms with Crippen molar-refractivity contribution >= 4 is 12.0 Å². The van der Waals surface area contributed by atoms with Gasteiger partial charge in [0.05, 0.1) is 0 Å². The number of rotatable bonds is 3. The molecule has 0 atom stereocenters. The van der Waals surface area contributed by atoms with Crippen molar-refractivity contribution in [2.45, 2.75) is 19.8 Å². The number of amides is 1. The number of carbonyl (C=O) groups excluding carboxylic acids is 1. The van der Waals surface area contributed by atoms with Crippen LogP contribution in [0.2, 0.25) is 0 Å². The molecule has 0 aliphatic heterocycles. The van der Waals surface area contributed by atoms with Crippen molar-refractivity contribution in [1.29, 1.82) is 0 Å².